The first kappa shape index (κ1) is 16.5. The van der Waals surface area contributed by atoms with Crippen LogP contribution in [0.1, 0.15) is 34.1 Å². The van der Waals surface area contributed by atoms with Crippen molar-refractivity contribution in [1.29, 1.82) is 0 Å². The Hall–Kier alpha value is -2.38. The van der Waals surface area contributed by atoms with Gasteiger partial charge in [0.2, 0.25) is 5.95 Å². The number of rotatable bonds is 4. The summed E-state index contributed by atoms with van der Waals surface area (Å²) in [7, 11) is 1.65. The van der Waals surface area contributed by atoms with Gasteiger partial charge in [-0.05, 0) is 26.2 Å². The zero-order chi connectivity index (χ0) is 17.6. The Kier molecular flexibility index (Phi) is 4.06. The average molecular weight is 332 g/mol. The van der Waals surface area contributed by atoms with Crippen LogP contribution in [0, 0.1) is 5.92 Å². The highest BCUT2D eigenvalue weighted by Crippen LogP contribution is 2.24. The van der Waals surface area contributed by atoms with Gasteiger partial charge in [0, 0.05) is 20.1 Å². The van der Waals surface area contributed by atoms with E-state index in [1.54, 1.807) is 14.0 Å². The molecule has 0 N–H and O–H groups in total. The molecule has 3 rings (SSSR count). The van der Waals surface area contributed by atoms with Gasteiger partial charge in [-0.15, -0.1) is 0 Å². The molecule has 0 bridgehead atoms. The second-order valence-electron chi connectivity index (χ2n) is 6.70. The molecule has 8 heteroatoms. The third kappa shape index (κ3) is 2.46. The Morgan fingerprint density at radius 2 is 1.96 bits per heavy atom. The van der Waals surface area contributed by atoms with E-state index in [2.05, 4.69) is 23.9 Å². The Balaban J connectivity index is 2.25. The van der Waals surface area contributed by atoms with Crippen LogP contribution in [-0.4, -0.2) is 30.9 Å². The number of hydrogen-bond acceptors (Lipinski definition) is 5. The predicted octanol–water partition coefficient (Wildman–Crippen LogP) is 1.16. The van der Waals surface area contributed by atoms with Gasteiger partial charge in [0.05, 0.1) is 12.3 Å². The van der Waals surface area contributed by atoms with Crippen LogP contribution in [0.2, 0.25) is 0 Å². The zero-order valence-corrected chi connectivity index (χ0v) is 14.9. The lowest BCUT2D eigenvalue weighted by Crippen LogP contribution is -2.39. The van der Waals surface area contributed by atoms with E-state index in [-0.39, 0.29) is 11.2 Å². The maximum atomic E-state index is 12.8. The van der Waals surface area contributed by atoms with Crippen molar-refractivity contribution in [1.82, 2.24) is 18.7 Å². The van der Waals surface area contributed by atoms with Crippen LogP contribution in [0.3, 0.4) is 0 Å². The minimum Gasteiger partial charge on any atom is -0.297 e. The smallest absolute Gasteiger partial charge is 0.297 e. The molecule has 0 saturated carbocycles. The first-order valence-electron chi connectivity index (χ1n) is 8.36. The fourth-order valence-corrected chi connectivity index (χ4v) is 3.03. The number of aromatic nitrogens is 4. The monoisotopic (exact) mass is 332 g/mol. The molecule has 0 saturated heterocycles. The lowest BCUT2D eigenvalue weighted by atomic mass is 10.1. The molecule has 2 aromatic rings. The molecule has 0 unspecified atom stereocenters. The summed E-state index contributed by atoms with van der Waals surface area (Å²) in [5, 5.41) is 6.43. The highest BCUT2D eigenvalue weighted by atomic mass is 16.2. The van der Waals surface area contributed by atoms with Crippen LogP contribution in [0.4, 0.5) is 5.95 Å². The second-order valence-corrected chi connectivity index (χ2v) is 6.70. The van der Waals surface area contributed by atoms with E-state index in [0.717, 1.165) is 18.7 Å². The number of anilines is 1. The van der Waals surface area contributed by atoms with Gasteiger partial charge in [-0.25, -0.2) is 9.80 Å². The highest BCUT2D eigenvalue weighted by molar-refractivity contribution is 5.87. The van der Waals surface area contributed by atoms with Crippen LogP contribution in [0.25, 0.3) is 11.2 Å². The van der Waals surface area contributed by atoms with Crippen molar-refractivity contribution < 1.29 is 0 Å². The molecular formula is C16H24N6O2. The lowest BCUT2D eigenvalue weighted by Gasteiger charge is -2.25. The Morgan fingerprint density at radius 3 is 2.58 bits per heavy atom. The van der Waals surface area contributed by atoms with Gasteiger partial charge in [-0.1, -0.05) is 13.8 Å². The molecule has 0 aromatic carbocycles. The summed E-state index contributed by atoms with van der Waals surface area (Å²) in [5.74, 6) is 1.18. The number of imidazole rings is 1. The largest absolute Gasteiger partial charge is 0.332 e. The van der Waals surface area contributed by atoms with Gasteiger partial charge in [0.25, 0.3) is 5.56 Å². The summed E-state index contributed by atoms with van der Waals surface area (Å²) >= 11 is 0. The summed E-state index contributed by atoms with van der Waals surface area (Å²) in [6.45, 7) is 9.64. The summed E-state index contributed by atoms with van der Waals surface area (Å²) in [6.07, 6.45) is 0.970. The van der Waals surface area contributed by atoms with Crippen LogP contribution in [-0.2, 0) is 20.1 Å². The van der Waals surface area contributed by atoms with Crippen molar-refractivity contribution in [2.24, 2.45) is 18.1 Å². The molecule has 0 radical (unpaired) electrons. The molecule has 2 aromatic heterocycles. The SMILES string of the molecule is CCn1c(=O)c2c(nc3n2CC(C)=NN3CCC(C)C)n(C)c1=O. The quantitative estimate of drug-likeness (QED) is 0.842. The topological polar surface area (TPSA) is 77.4 Å². The Bertz CT molecular complexity index is 931. The van der Waals surface area contributed by atoms with E-state index in [0.29, 0.717) is 36.1 Å². The molecule has 0 aliphatic carbocycles. The van der Waals surface area contributed by atoms with Crippen LogP contribution in [0.5, 0.6) is 0 Å². The van der Waals surface area contributed by atoms with Gasteiger partial charge < -0.3 is 0 Å². The van der Waals surface area contributed by atoms with E-state index in [4.69, 9.17) is 0 Å². The lowest BCUT2D eigenvalue weighted by molar-refractivity contribution is 0.564. The number of fused-ring (bicyclic) bond motifs is 3. The Labute approximate surface area is 140 Å². The van der Waals surface area contributed by atoms with Crippen LogP contribution in [0.15, 0.2) is 14.7 Å². The van der Waals surface area contributed by atoms with Crippen molar-refractivity contribution in [2.45, 2.75) is 47.2 Å². The van der Waals surface area contributed by atoms with Crippen molar-refractivity contribution in [3.63, 3.8) is 0 Å². The summed E-state index contributed by atoms with van der Waals surface area (Å²) in [4.78, 5) is 29.7. The van der Waals surface area contributed by atoms with Gasteiger partial charge in [-0.2, -0.15) is 10.1 Å². The third-order valence-electron chi connectivity index (χ3n) is 4.36. The van der Waals surface area contributed by atoms with E-state index in [9.17, 15) is 9.59 Å². The van der Waals surface area contributed by atoms with E-state index < -0.39 is 0 Å². The van der Waals surface area contributed by atoms with Crippen LogP contribution >= 0.6 is 0 Å². The molecule has 0 spiro atoms. The minimum absolute atomic E-state index is 0.284. The maximum Gasteiger partial charge on any atom is 0.332 e. The summed E-state index contributed by atoms with van der Waals surface area (Å²) in [6, 6.07) is 0. The first-order chi connectivity index (χ1) is 11.3. The van der Waals surface area contributed by atoms with Crippen molar-refractivity contribution in [3.8, 4) is 0 Å². The molecule has 1 aliphatic heterocycles. The fourth-order valence-electron chi connectivity index (χ4n) is 3.03. The second kappa shape index (κ2) is 5.92. The molecule has 0 fully saturated rings. The molecule has 1 aliphatic rings. The van der Waals surface area contributed by atoms with E-state index in [1.807, 2.05) is 16.5 Å². The first-order valence-corrected chi connectivity index (χ1v) is 8.36. The number of hydrazone groups is 1. The van der Waals surface area contributed by atoms with Gasteiger partial charge in [0.1, 0.15) is 0 Å². The molecule has 0 atom stereocenters. The number of aryl methyl sites for hydroxylation is 1. The van der Waals surface area contributed by atoms with Gasteiger partial charge in [-0.3, -0.25) is 18.5 Å². The van der Waals surface area contributed by atoms with Crippen molar-refractivity contribution in [2.75, 3.05) is 11.6 Å². The van der Waals surface area contributed by atoms with Gasteiger partial charge in [0.15, 0.2) is 11.2 Å². The fraction of sp³-hybridized carbons (Fsp3) is 0.625. The molecule has 8 nitrogen and oxygen atoms in total. The van der Waals surface area contributed by atoms with E-state index >= 15 is 0 Å². The van der Waals surface area contributed by atoms with Crippen molar-refractivity contribution >= 4 is 22.8 Å². The standard InChI is InChI=1S/C16H24N6O2/c1-6-20-14(23)12-13(19(5)16(20)24)17-15-21(12)9-11(4)18-22(15)8-7-10(2)3/h10H,6-9H2,1-5H3. The molecular weight excluding hydrogens is 308 g/mol. The molecule has 24 heavy (non-hydrogen) atoms. The molecule has 3 heterocycles. The highest BCUT2D eigenvalue weighted by Gasteiger charge is 2.26. The summed E-state index contributed by atoms with van der Waals surface area (Å²) in [5.41, 5.74) is 1.19. The summed E-state index contributed by atoms with van der Waals surface area (Å²) < 4.78 is 4.57. The van der Waals surface area contributed by atoms with E-state index in [1.165, 1.54) is 9.13 Å². The molecule has 0 amide bonds. The normalized spacial score (nSPS) is 14.4. The number of nitrogens with zero attached hydrogens (tertiary/aromatic N) is 6. The zero-order valence-electron chi connectivity index (χ0n) is 14.9. The third-order valence-corrected chi connectivity index (χ3v) is 4.36. The average Bonchev–Trinajstić information content (AvgIpc) is 2.90. The predicted molar refractivity (Wildman–Crippen MR) is 94.8 cm³/mol. The van der Waals surface area contributed by atoms with Crippen LogP contribution < -0.4 is 16.3 Å². The minimum atomic E-state index is -0.336. The van der Waals surface area contributed by atoms with Gasteiger partial charge >= 0.3 is 5.69 Å². The Morgan fingerprint density at radius 1 is 1.25 bits per heavy atom. The van der Waals surface area contributed by atoms with Crippen molar-refractivity contribution in [3.05, 3.63) is 20.8 Å². The maximum absolute atomic E-state index is 12.8. The molecule has 130 valence electrons. The number of hydrogen-bond donors (Lipinski definition) is 0.